The smallest absolute Gasteiger partial charge is 0.310 e. The van der Waals surface area contributed by atoms with Gasteiger partial charge in [-0.2, -0.15) is 0 Å². The molecule has 1 aromatic carbocycles. The van der Waals surface area contributed by atoms with Crippen molar-refractivity contribution in [3.05, 3.63) is 41.9 Å². The number of hydrogen-bond acceptors (Lipinski definition) is 6. The molecule has 6 atom stereocenters. The number of nitrogens with zero attached hydrogens (tertiary/aromatic N) is 2. The molecule has 9 heteroatoms. The minimum atomic E-state index is -0.826. The van der Waals surface area contributed by atoms with Crippen molar-refractivity contribution in [1.29, 1.82) is 0 Å². The lowest BCUT2D eigenvalue weighted by molar-refractivity contribution is -0.154. The Bertz CT molecular complexity index is 986. The Hall–Kier alpha value is -2.03. The quantitative estimate of drug-likeness (QED) is 0.408. The zero-order valence-electron chi connectivity index (χ0n) is 19.5. The zero-order valence-corrected chi connectivity index (χ0v) is 21.1. The van der Waals surface area contributed by atoms with Crippen molar-refractivity contribution in [1.82, 2.24) is 4.90 Å². The third-order valence-electron chi connectivity index (χ3n) is 7.33. The summed E-state index contributed by atoms with van der Waals surface area (Å²) in [5, 5.41) is 10.5. The first kappa shape index (κ1) is 25.1. The molecule has 0 saturated carbocycles. The second-order valence-corrected chi connectivity index (χ2v) is 11.0. The van der Waals surface area contributed by atoms with Gasteiger partial charge in [0.2, 0.25) is 5.91 Å². The molecule has 34 heavy (non-hydrogen) atoms. The number of hydrogen-bond donors (Lipinski definition) is 1. The molecule has 3 saturated heterocycles. The summed E-state index contributed by atoms with van der Waals surface area (Å²) in [4.78, 5) is 44.3. The largest absolute Gasteiger partial charge is 0.466 e. The first-order valence-electron chi connectivity index (χ1n) is 11.8. The Kier molecular flexibility index (Phi) is 7.31. The van der Waals surface area contributed by atoms with Gasteiger partial charge >= 0.3 is 5.97 Å². The van der Waals surface area contributed by atoms with Crippen LogP contribution in [0.25, 0.3) is 0 Å². The SMILES string of the molecule is C=CCN(C(=O)C1N([C@@H](CC)CO)C(=O)[C@@H]2[C@@H](C(=O)OCC)[C@H]3CCC12S3)c1ccccc1Cl. The summed E-state index contributed by atoms with van der Waals surface area (Å²) in [6, 6.07) is 5.73. The van der Waals surface area contributed by atoms with Gasteiger partial charge < -0.3 is 19.6 Å². The van der Waals surface area contributed by atoms with Crippen LogP contribution >= 0.6 is 23.4 Å². The molecule has 1 N–H and O–H groups in total. The van der Waals surface area contributed by atoms with Crippen LogP contribution in [0.2, 0.25) is 5.02 Å². The van der Waals surface area contributed by atoms with Crippen LogP contribution in [0.4, 0.5) is 5.69 Å². The molecule has 1 spiro atoms. The maximum absolute atomic E-state index is 14.3. The van der Waals surface area contributed by atoms with Crippen LogP contribution in [0, 0.1) is 11.8 Å². The van der Waals surface area contributed by atoms with Gasteiger partial charge in [-0.1, -0.05) is 36.7 Å². The lowest BCUT2D eigenvalue weighted by atomic mass is 9.71. The number of anilines is 1. The number of rotatable bonds is 9. The molecule has 0 aliphatic carbocycles. The molecule has 3 fully saturated rings. The van der Waals surface area contributed by atoms with Crippen molar-refractivity contribution in [3.8, 4) is 0 Å². The van der Waals surface area contributed by atoms with Crippen molar-refractivity contribution in [2.75, 3.05) is 24.7 Å². The molecular formula is C25H31ClN2O5S. The number of benzene rings is 1. The van der Waals surface area contributed by atoms with Crippen molar-refractivity contribution >= 4 is 46.8 Å². The molecule has 2 bridgehead atoms. The van der Waals surface area contributed by atoms with Crippen molar-refractivity contribution in [3.63, 3.8) is 0 Å². The predicted octanol–water partition coefficient (Wildman–Crippen LogP) is 3.28. The second-order valence-electron chi connectivity index (χ2n) is 8.99. The molecule has 0 radical (unpaired) electrons. The predicted molar refractivity (Wildman–Crippen MR) is 133 cm³/mol. The number of amides is 2. The van der Waals surface area contributed by atoms with Crippen LogP contribution < -0.4 is 4.90 Å². The summed E-state index contributed by atoms with van der Waals surface area (Å²) < 4.78 is 4.60. The van der Waals surface area contributed by atoms with Crippen LogP contribution in [0.15, 0.2) is 36.9 Å². The number of esters is 1. The number of ether oxygens (including phenoxy) is 1. The number of halogens is 1. The molecule has 2 amide bonds. The maximum Gasteiger partial charge on any atom is 0.310 e. The van der Waals surface area contributed by atoms with E-state index in [9.17, 15) is 19.5 Å². The third kappa shape index (κ3) is 3.74. The van der Waals surface area contributed by atoms with Crippen LogP contribution in [0.1, 0.15) is 33.1 Å². The highest BCUT2D eigenvalue weighted by atomic mass is 35.5. The van der Waals surface area contributed by atoms with E-state index in [4.69, 9.17) is 16.3 Å². The van der Waals surface area contributed by atoms with Crippen LogP contribution in [0.5, 0.6) is 0 Å². The number of para-hydroxylation sites is 1. The number of fused-ring (bicyclic) bond motifs is 1. The summed E-state index contributed by atoms with van der Waals surface area (Å²) >= 11 is 8.04. The second kappa shape index (κ2) is 9.91. The zero-order chi connectivity index (χ0) is 24.6. The number of likely N-dealkylation sites (tertiary alicyclic amines) is 1. The minimum Gasteiger partial charge on any atom is -0.466 e. The van der Waals surface area contributed by atoms with Gasteiger partial charge in [-0.15, -0.1) is 18.3 Å². The molecule has 3 heterocycles. The van der Waals surface area contributed by atoms with Crippen molar-refractivity contribution in [2.24, 2.45) is 11.8 Å². The van der Waals surface area contributed by atoms with Crippen LogP contribution in [-0.2, 0) is 19.1 Å². The van der Waals surface area contributed by atoms with Crippen LogP contribution in [0.3, 0.4) is 0 Å². The van der Waals surface area contributed by atoms with Crippen molar-refractivity contribution in [2.45, 2.75) is 55.2 Å². The number of aliphatic hydroxyl groups is 1. The highest BCUT2D eigenvalue weighted by Crippen LogP contribution is 2.67. The first-order chi connectivity index (χ1) is 16.4. The fraction of sp³-hybridized carbons (Fsp3) is 0.560. The van der Waals surface area contributed by atoms with E-state index in [-0.39, 0.29) is 42.8 Å². The van der Waals surface area contributed by atoms with E-state index < -0.39 is 28.7 Å². The van der Waals surface area contributed by atoms with E-state index in [1.807, 2.05) is 6.92 Å². The summed E-state index contributed by atoms with van der Waals surface area (Å²) in [7, 11) is 0. The Labute approximate surface area is 209 Å². The summed E-state index contributed by atoms with van der Waals surface area (Å²) in [5.74, 6) is -2.13. The molecule has 3 aliphatic rings. The summed E-state index contributed by atoms with van der Waals surface area (Å²) in [6.45, 7) is 7.63. The fourth-order valence-corrected chi connectivity index (χ4v) is 8.36. The van der Waals surface area contributed by atoms with Gasteiger partial charge in [0.25, 0.3) is 5.91 Å². The summed E-state index contributed by atoms with van der Waals surface area (Å²) in [6.07, 6.45) is 3.49. The Morgan fingerprint density at radius 3 is 2.76 bits per heavy atom. The number of carbonyl (C=O) groups excluding carboxylic acids is 3. The molecular weight excluding hydrogens is 476 g/mol. The highest BCUT2D eigenvalue weighted by Gasteiger charge is 2.74. The van der Waals surface area contributed by atoms with Gasteiger partial charge in [-0.25, -0.2) is 0 Å². The minimum absolute atomic E-state index is 0.0622. The molecule has 184 valence electrons. The maximum atomic E-state index is 14.3. The van der Waals surface area contributed by atoms with E-state index in [2.05, 4.69) is 6.58 Å². The molecule has 1 aromatic rings. The van der Waals surface area contributed by atoms with Gasteiger partial charge in [0.05, 0.1) is 46.5 Å². The number of carbonyl (C=O) groups is 3. The Morgan fingerprint density at radius 2 is 2.15 bits per heavy atom. The van der Waals surface area contributed by atoms with Crippen LogP contribution in [-0.4, -0.2) is 69.6 Å². The molecule has 3 aliphatic heterocycles. The van der Waals surface area contributed by atoms with E-state index in [1.165, 1.54) is 0 Å². The molecule has 0 aromatic heterocycles. The average molecular weight is 507 g/mol. The summed E-state index contributed by atoms with van der Waals surface area (Å²) in [5.41, 5.74) is 0.540. The topological polar surface area (TPSA) is 87.2 Å². The average Bonchev–Trinajstić information content (AvgIpc) is 3.47. The Balaban J connectivity index is 1.82. The lowest BCUT2D eigenvalue weighted by Gasteiger charge is -2.39. The van der Waals surface area contributed by atoms with E-state index in [0.29, 0.717) is 23.6 Å². The fourth-order valence-electron chi connectivity index (χ4n) is 5.94. The molecule has 4 rings (SSSR count). The lowest BCUT2D eigenvalue weighted by Crippen LogP contribution is -2.57. The third-order valence-corrected chi connectivity index (χ3v) is 9.60. The highest BCUT2D eigenvalue weighted by molar-refractivity contribution is 8.02. The Morgan fingerprint density at radius 1 is 1.41 bits per heavy atom. The normalized spacial score (nSPS) is 30.2. The number of thioether (sulfide) groups is 1. The van der Waals surface area contributed by atoms with E-state index in [1.54, 1.807) is 58.8 Å². The van der Waals surface area contributed by atoms with E-state index >= 15 is 0 Å². The van der Waals surface area contributed by atoms with Gasteiger partial charge in [0.1, 0.15) is 6.04 Å². The van der Waals surface area contributed by atoms with Gasteiger partial charge in [0, 0.05) is 11.8 Å². The van der Waals surface area contributed by atoms with E-state index in [0.717, 1.165) is 6.42 Å². The van der Waals surface area contributed by atoms with Gasteiger partial charge in [-0.3, -0.25) is 14.4 Å². The first-order valence-corrected chi connectivity index (χ1v) is 13.1. The molecule has 2 unspecified atom stereocenters. The molecule has 7 nitrogen and oxygen atoms in total. The van der Waals surface area contributed by atoms with Crippen molar-refractivity contribution < 1.29 is 24.2 Å². The standard InChI is InChI=1S/C25H31ClN2O5S/c1-4-13-27(17-10-8-7-9-16(17)26)23(31)21-25-12-11-18(34-25)19(24(32)33-6-3)20(25)22(30)28(21)15(5-2)14-29/h4,7-10,15,18-21,29H,1,5-6,11-14H2,2-3H3/t15-,18+,19-,20-,21?,25?/m0/s1. The van der Waals surface area contributed by atoms with Gasteiger partial charge in [0.15, 0.2) is 0 Å². The van der Waals surface area contributed by atoms with Gasteiger partial charge in [-0.05, 0) is 38.3 Å². The number of aliphatic hydroxyl groups excluding tert-OH is 1. The monoisotopic (exact) mass is 506 g/mol.